The molecule has 0 aromatic carbocycles. The van der Waals surface area contributed by atoms with E-state index in [2.05, 4.69) is 10.1 Å². The van der Waals surface area contributed by atoms with Gasteiger partial charge in [-0.05, 0) is 38.8 Å². The van der Waals surface area contributed by atoms with Crippen molar-refractivity contribution < 1.29 is 9.59 Å². The van der Waals surface area contributed by atoms with Gasteiger partial charge in [0.15, 0.2) is 5.78 Å². The zero-order chi connectivity index (χ0) is 17.1. The summed E-state index contributed by atoms with van der Waals surface area (Å²) in [4.78, 5) is 31.1. The maximum Gasteiger partial charge on any atom is 0.257 e. The van der Waals surface area contributed by atoms with Crippen molar-refractivity contribution >= 4 is 11.7 Å². The van der Waals surface area contributed by atoms with Crippen molar-refractivity contribution in [1.82, 2.24) is 19.7 Å². The van der Waals surface area contributed by atoms with E-state index >= 15 is 0 Å². The van der Waals surface area contributed by atoms with E-state index in [1.807, 2.05) is 13.8 Å². The van der Waals surface area contributed by atoms with Gasteiger partial charge in [0.25, 0.3) is 5.91 Å². The van der Waals surface area contributed by atoms with Crippen LogP contribution in [0.15, 0.2) is 36.9 Å². The summed E-state index contributed by atoms with van der Waals surface area (Å²) in [5.74, 6) is -0.142. The third-order valence-corrected chi connectivity index (χ3v) is 4.40. The van der Waals surface area contributed by atoms with E-state index in [-0.39, 0.29) is 23.7 Å². The Kier molecular flexibility index (Phi) is 4.74. The number of Topliss-reactive ketones (excluding diaryl/α,β-unsaturated/α-hetero) is 1. The first-order chi connectivity index (χ1) is 11.6. The van der Waals surface area contributed by atoms with Gasteiger partial charge < -0.3 is 4.90 Å². The lowest BCUT2D eigenvalue weighted by Crippen LogP contribution is -2.42. The minimum absolute atomic E-state index is 0.0504. The molecule has 0 aliphatic carbocycles. The van der Waals surface area contributed by atoms with Crippen LogP contribution in [0.4, 0.5) is 0 Å². The van der Waals surface area contributed by atoms with Gasteiger partial charge in [-0.15, -0.1) is 0 Å². The molecule has 6 heteroatoms. The van der Waals surface area contributed by atoms with E-state index < -0.39 is 0 Å². The molecule has 0 spiro atoms. The van der Waals surface area contributed by atoms with Crippen LogP contribution in [0.25, 0.3) is 0 Å². The summed E-state index contributed by atoms with van der Waals surface area (Å²) in [5.41, 5.74) is 1.20. The van der Waals surface area contributed by atoms with Gasteiger partial charge in [-0.3, -0.25) is 19.3 Å². The number of ketones is 1. The molecule has 0 radical (unpaired) electrons. The van der Waals surface area contributed by atoms with Crippen LogP contribution in [0.1, 0.15) is 53.4 Å². The number of likely N-dealkylation sites (tertiary alicyclic amines) is 1. The highest BCUT2D eigenvalue weighted by Gasteiger charge is 2.30. The second-order valence-corrected chi connectivity index (χ2v) is 6.50. The van der Waals surface area contributed by atoms with Crippen LogP contribution in [-0.2, 0) is 0 Å². The van der Waals surface area contributed by atoms with Gasteiger partial charge in [-0.1, -0.05) is 0 Å². The predicted octanol–water partition coefficient (Wildman–Crippen LogP) is 2.59. The van der Waals surface area contributed by atoms with Crippen LogP contribution >= 0.6 is 0 Å². The number of nitrogens with zero attached hydrogens (tertiary/aromatic N) is 4. The average molecular weight is 326 g/mol. The molecule has 1 saturated heterocycles. The third kappa shape index (κ3) is 3.37. The molecule has 1 atom stereocenters. The highest BCUT2D eigenvalue weighted by atomic mass is 16.2. The van der Waals surface area contributed by atoms with E-state index in [1.165, 1.54) is 0 Å². The fourth-order valence-corrected chi connectivity index (χ4v) is 3.03. The van der Waals surface area contributed by atoms with Crippen molar-refractivity contribution in [3.05, 3.63) is 48.0 Å². The number of carbonyl (C=O) groups is 2. The van der Waals surface area contributed by atoms with Crippen LogP contribution in [0.3, 0.4) is 0 Å². The molecule has 1 aliphatic heterocycles. The Morgan fingerprint density at radius 1 is 1.25 bits per heavy atom. The molecule has 0 saturated carbocycles. The van der Waals surface area contributed by atoms with Gasteiger partial charge in [0, 0.05) is 49.2 Å². The molecule has 126 valence electrons. The summed E-state index contributed by atoms with van der Waals surface area (Å²) in [6.45, 7) is 5.18. The summed E-state index contributed by atoms with van der Waals surface area (Å²) < 4.78 is 1.77. The number of carbonyl (C=O) groups excluding carboxylic acids is 2. The Bertz CT molecular complexity index is 724. The Hall–Kier alpha value is -2.50. The van der Waals surface area contributed by atoms with Crippen molar-refractivity contribution in [2.24, 2.45) is 5.92 Å². The Morgan fingerprint density at radius 3 is 2.75 bits per heavy atom. The molecule has 1 amide bonds. The zero-order valence-electron chi connectivity index (χ0n) is 14.1. The van der Waals surface area contributed by atoms with E-state index in [9.17, 15) is 9.59 Å². The number of rotatable bonds is 4. The molecule has 0 bridgehead atoms. The summed E-state index contributed by atoms with van der Waals surface area (Å²) in [7, 11) is 0. The smallest absolute Gasteiger partial charge is 0.257 e. The fraction of sp³-hybridized carbons (Fsp3) is 0.444. The summed E-state index contributed by atoms with van der Waals surface area (Å²) in [6, 6.07) is 3.76. The molecule has 24 heavy (non-hydrogen) atoms. The van der Waals surface area contributed by atoms with Crippen molar-refractivity contribution in [3.63, 3.8) is 0 Å². The zero-order valence-corrected chi connectivity index (χ0v) is 14.1. The van der Waals surface area contributed by atoms with E-state index in [4.69, 9.17) is 0 Å². The highest BCUT2D eigenvalue weighted by Crippen LogP contribution is 2.22. The minimum atomic E-state index is -0.160. The van der Waals surface area contributed by atoms with E-state index in [0.717, 1.165) is 12.8 Å². The maximum atomic E-state index is 12.7. The van der Waals surface area contributed by atoms with Crippen molar-refractivity contribution in [2.45, 2.75) is 32.7 Å². The molecule has 1 aliphatic rings. The first-order valence-corrected chi connectivity index (χ1v) is 8.34. The van der Waals surface area contributed by atoms with Gasteiger partial charge in [0.1, 0.15) is 0 Å². The van der Waals surface area contributed by atoms with Crippen molar-refractivity contribution in [2.75, 3.05) is 13.1 Å². The number of hydrogen-bond acceptors (Lipinski definition) is 4. The van der Waals surface area contributed by atoms with Crippen LogP contribution < -0.4 is 0 Å². The van der Waals surface area contributed by atoms with Crippen LogP contribution in [0.5, 0.6) is 0 Å². The van der Waals surface area contributed by atoms with E-state index in [1.54, 1.807) is 46.5 Å². The fourth-order valence-electron chi connectivity index (χ4n) is 3.03. The predicted molar refractivity (Wildman–Crippen MR) is 89.8 cm³/mol. The van der Waals surface area contributed by atoms with Gasteiger partial charge >= 0.3 is 0 Å². The van der Waals surface area contributed by atoms with Crippen molar-refractivity contribution in [1.29, 1.82) is 0 Å². The lowest BCUT2D eigenvalue weighted by molar-refractivity contribution is 0.0637. The summed E-state index contributed by atoms with van der Waals surface area (Å²) >= 11 is 0. The quantitative estimate of drug-likeness (QED) is 0.810. The molecule has 0 unspecified atom stereocenters. The molecule has 2 aromatic heterocycles. The number of pyridine rings is 1. The Morgan fingerprint density at radius 2 is 2.08 bits per heavy atom. The molecular formula is C18H22N4O2. The minimum Gasteiger partial charge on any atom is -0.338 e. The van der Waals surface area contributed by atoms with Gasteiger partial charge in [0.2, 0.25) is 0 Å². The SMILES string of the molecule is CC(C)n1cc(C(=O)N2CCC[C@H](C(=O)c3cccnc3)C2)cn1. The summed E-state index contributed by atoms with van der Waals surface area (Å²) in [5, 5.41) is 4.23. The monoisotopic (exact) mass is 326 g/mol. The number of piperidine rings is 1. The highest BCUT2D eigenvalue weighted by molar-refractivity contribution is 5.99. The molecule has 6 nitrogen and oxygen atoms in total. The van der Waals surface area contributed by atoms with Crippen LogP contribution in [0, 0.1) is 5.92 Å². The number of hydrogen-bond donors (Lipinski definition) is 0. The maximum absolute atomic E-state index is 12.7. The van der Waals surface area contributed by atoms with Gasteiger partial charge in [-0.25, -0.2) is 0 Å². The first-order valence-electron chi connectivity index (χ1n) is 8.34. The molecule has 2 aromatic rings. The third-order valence-electron chi connectivity index (χ3n) is 4.40. The topological polar surface area (TPSA) is 68.1 Å². The van der Waals surface area contributed by atoms with Gasteiger partial charge in [-0.2, -0.15) is 5.10 Å². The van der Waals surface area contributed by atoms with E-state index in [0.29, 0.717) is 24.2 Å². The number of amides is 1. The summed E-state index contributed by atoms with van der Waals surface area (Å²) in [6.07, 6.45) is 8.27. The Balaban J connectivity index is 1.70. The molecule has 3 rings (SSSR count). The first kappa shape index (κ1) is 16.4. The Labute approximate surface area is 141 Å². The van der Waals surface area contributed by atoms with Crippen LogP contribution in [-0.4, -0.2) is 44.4 Å². The normalized spacial score (nSPS) is 18.0. The second kappa shape index (κ2) is 6.95. The largest absolute Gasteiger partial charge is 0.338 e. The number of aromatic nitrogens is 3. The molecule has 1 fully saturated rings. The standard InChI is InChI=1S/C18H22N4O2/c1-13(2)22-12-16(10-20-22)18(24)21-8-4-6-15(11-21)17(23)14-5-3-7-19-9-14/h3,5,7,9-10,12-13,15H,4,6,8,11H2,1-2H3/t15-/m0/s1. The average Bonchev–Trinajstić information content (AvgIpc) is 3.12. The molecule has 0 N–H and O–H groups in total. The second-order valence-electron chi connectivity index (χ2n) is 6.50. The lowest BCUT2D eigenvalue weighted by Gasteiger charge is -2.31. The molecule has 3 heterocycles. The lowest BCUT2D eigenvalue weighted by atomic mass is 9.90. The van der Waals surface area contributed by atoms with Crippen LogP contribution in [0.2, 0.25) is 0 Å². The molecular weight excluding hydrogens is 304 g/mol. The van der Waals surface area contributed by atoms with Crippen molar-refractivity contribution in [3.8, 4) is 0 Å². The van der Waals surface area contributed by atoms with Gasteiger partial charge in [0.05, 0.1) is 11.8 Å².